The predicted octanol–water partition coefficient (Wildman–Crippen LogP) is 6.57. The second-order valence-corrected chi connectivity index (χ2v) is 9.19. The van der Waals surface area contributed by atoms with E-state index in [1.807, 2.05) is 30.3 Å². The van der Waals surface area contributed by atoms with Crippen LogP contribution in [-0.2, 0) is 9.59 Å². The fourth-order valence-corrected chi connectivity index (χ4v) is 4.26. The van der Waals surface area contributed by atoms with Crippen molar-refractivity contribution in [1.29, 1.82) is 0 Å². The van der Waals surface area contributed by atoms with Gasteiger partial charge in [0.2, 0.25) is 5.91 Å². The van der Waals surface area contributed by atoms with Gasteiger partial charge < -0.3 is 10.1 Å². The van der Waals surface area contributed by atoms with Crippen molar-refractivity contribution in [3.63, 3.8) is 0 Å². The van der Waals surface area contributed by atoms with Crippen LogP contribution < -0.4 is 10.1 Å². The number of amides is 3. The Morgan fingerprint density at radius 3 is 2.55 bits per heavy atom. The van der Waals surface area contributed by atoms with E-state index < -0.39 is 23.6 Å². The van der Waals surface area contributed by atoms with Crippen LogP contribution in [0.4, 0.5) is 10.5 Å². The zero-order valence-corrected chi connectivity index (χ0v) is 20.1. The zero-order chi connectivity index (χ0) is 23.4. The normalized spacial score (nSPS) is 14.6. The number of hydrogen-bond donors (Lipinski definition) is 1. The maximum absolute atomic E-state index is 12.8. The van der Waals surface area contributed by atoms with Gasteiger partial charge in [0.15, 0.2) is 0 Å². The Morgan fingerprint density at radius 2 is 1.79 bits per heavy atom. The molecule has 0 unspecified atom stereocenters. The molecule has 33 heavy (non-hydrogen) atoms. The summed E-state index contributed by atoms with van der Waals surface area (Å²) >= 11 is 10.1. The highest BCUT2D eigenvalue weighted by Gasteiger charge is 2.36. The van der Waals surface area contributed by atoms with E-state index in [4.69, 9.17) is 16.3 Å². The first-order valence-electron chi connectivity index (χ1n) is 9.72. The molecule has 0 saturated carbocycles. The summed E-state index contributed by atoms with van der Waals surface area (Å²) in [6, 6.07) is 21.4. The SMILES string of the molecule is O=C(CN1C(=O)S/C(=C/c2cccc(Oc3ccccc3)c2)C1=O)Nc1ccc(Br)c(Cl)c1. The van der Waals surface area contributed by atoms with Gasteiger partial charge in [-0.2, -0.15) is 0 Å². The molecule has 3 amide bonds. The van der Waals surface area contributed by atoms with Gasteiger partial charge in [-0.15, -0.1) is 0 Å². The van der Waals surface area contributed by atoms with E-state index >= 15 is 0 Å². The summed E-state index contributed by atoms with van der Waals surface area (Å²) in [4.78, 5) is 38.7. The molecule has 0 spiro atoms. The number of benzene rings is 3. The summed E-state index contributed by atoms with van der Waals surface area (Å²) in [7, 11) is 0. The summed E-state index contributed by atoms with van der Waals surface area (Å²) in [6.07, 6.45) is 1.61. The lowest BCUT2D eigenvalue weighted by Crippen LogP contribution is -2.36. The topological polar surface area (TPSA) is 75.7 Å². The Hall–Kier alpha value is -3.07. The van der Waals surface area contributed by atoms with Gasteiger partial charge in [0, 0.05) is 10.2 Å². The van der Waals surface area contributed by atoms with Crippen LogP contribution in [0.1, 0.15) is 5.56 Å². The highest BCUT2D eigenvalue weighted by Crippen LogP contribution is 2.33. The smallest absolute Gasteiger partial charge is 0.294 e. The summed E-state index contributed by atoms with van der Waals surface area (Å²) in [5.41, 5.74) is 1.16. The van der Waals surface area contributed by atoms with Gasteiger partial charge in [-0.3, -0.25) is 19.3 Å². The monoisotopic (exact) mass is 542 g/mol. The minimum Gasteiger partial charge on any atom is -0.457 e. The molecule has 0 radical (unpaired) electrons. The second kappa shape index (κ2) is 10.2. The molecule has 0 aromatic heterocycles. The lowest BCUT2D eigenvalue weighted by atomic mass is 10.2. The van der Waals surface area contributed by atoms with Crippen LogP contribution >= 0.6 is 39.3 Å². The third-order valence-electron chi connectivity index (χ3n) is 4.51. The maximum atomic E-state index is 12.8. The van der Waals surface area contributed by atoms with Gasteiger partial charge in [0.1, 0.15) is 18.0 Å². The molecule has 1 aliphatic rings. The summed E-state index contributed by atoms with van der Waals surface area (Å²) < 4.78 is 6.51. The lowest BCUT2D eigenvalue weighted by Gasteiger charge is -2.12. The van der Waals surface area contributed by atoms with Crippen molar-refractivity contribution < 1.29 is 19.1 Å². The highest BCUT2D eigenvalue weighted by atomic mass is 79.9. The third-order valence-corrected chi connectivity index (χ3v) is 6.65. The predicted molar refractivity (Wildman–Crippen MR) is 133 cm³/mol. The van der Waals surface area contributed by atoms with Crippen LogP contribution in [0.2, 0.25) is 5.02 Å². The van der Waals surface area contributed by atoms with Gasteiger partial charge in [0.05, 0.1) is 9.93 Å². The van der Waals surface area contributed by atoms with Crippen LogP contribution in [0.5, 0.6) is 11.5 Å². The van der Waals surface area contributed by atoms with Crippen molar-refractivity contribution in [1.82, 2.24) is 4.90 Å². The van der Waals surface area contributed by atoms with Crippen molar-refractivity contribution in [3.8, 4) is 11.5 Å². The van der Waals surface area contributed by atoms with Crippen LogP contribution in [0.25, 0.3) is 6.08 Å². The van der Waals surface area contributed by atoms with Crippen molar-refractivity contribution >= 4 is 68.1 Å². The fourth-order valence-electron chi connectivity index (χ4n) is 3.00. The number of nitrogens with one attached hydrogen (secondary N) is 1. The molecule has 0 bridgehead atoms. The molecule has 0 atom stereocenters. The number of carbonyl (C=O) groups is 3. The number of anilines is 1. The molecule has 1 heterocycles. The number of ether oxygens (including phenoxy) is 1. The van der Waals surface area contributed by atoms with Gasteiger partial charge >= 0.3 is 0 Å². The van der Waals surface area contributed by atoms with E-state index in [0.717, 1.165) is 16.7 Å². The summed E-state index contributed by atoms with van der Waals surface area (Å²) in [5.74, 6) is 0.258. The molecule has 166 valence electrons. The van der Waals surface area contributed by atoms with Gasteiger partial charge in [-0.05, 0) is 81.8 Å². The van der Waals surface area contributed by atoms with Crippen molar-refractivity contribution in [3.05, 3.63) is 92.8 Å². The van der Waals surface area contributed by atoms with E-state index in [1.165, 1.54) is 0 Å². The number of rotatable bonds is 6. The van der Waals surface area contributed by atoms with E-state index in [1.54, 1.807) is 48.5 Å². The first kappa shape index (κ1) is 23.1. The molecular formula is C24H16BrClN2O4S. The maximum Gasteiger partial charge on any atom is 0.294 e. The number of imide groups is 1. The number of para-hydroxylation sites is 1. The van der Waals surface area contributed by atoms with Crippen LogP contribution in [-0.4, -0.2) is 28.5 Å². The Balaban J connectivity index is 1.43. The van der Waals surface area contributed by atoms with Gasteiger partial charge in [-0.1, -0.05) is 41.9 Å². The van der Waals surface area contributed by atoms with Crippen LogP contribution in [0.15, 0.2) is 82.2 Å². The molecule has 3 aromatic rings. The van der Waals surface area contributed by atoms with E-state index in [9.17, 15) is 14.4 Å². The van der Waals surface area contributed by atoms with E-state index in [-0.39, 0.29) is 4.91 Å². The average Bonchev–Trinajstić information content (AvgIpc) is 3.04. The second-order valence-electron chi connectivity index (χ2n) is 6.93. The first-order valence-corrected chi connectivity index (χ1v) is 11.7. The molecule has 1 N–H and O–H groups in total. The molecule has 9 heteroatoms. The third kappa shape index (κ3) is 5.84. The van der Waals surface area contributed by atoms with Gasteiger partial charge in [0.25, 0.3) is 11.1 Å². The largest absolute Gasteiger partial charge is 0.457 e. The lowest BCUT2D eigenvalue weighted by molar-refractivity contribution is -0.127. The number of thioether (sulfide) groups is 1. The molecule has 0 aliphatic carbocycles. The Labute approximate surface area is 207 Å². The molecule has 3 aromatic carbocycles. The molecule has 4 rings (SSSR count). The highest BCUT2D eigenvalue weighted by molar-refractivity contribution is 9.10. The number of nitrogens with zero attached hydrogens (tertiary/aromatic N) is 1. The minimum atomic E-state index is -0.525. The van der Waals surface area contributed by atoms with E-state index in [2.05, 4.69) is 21.2 Å². The number of carbonyl (C=O) groups excluding carboxylic acids is 3. The number of halogens is 2. The molecule has 1 aliphatic heterocycles. The molecule has 1 fully saturated rings. The minimum absolute atomic E-state index is 0.233. The van der Waals surface area contributed by atoms with Crippen molar-refractivity contribution in [2.45, 2.75) is 0 Å². The Bertz CT molecular complexity index is 1270. The average molecular weight is 544 g/mol. The van der Waals surface area contributed by atoms with Gasteiger partial charge in [-0.25, -0.2) is 0 Å². The Morgan fingerprint density at radius 1 is 1.03 bits per heavy atom. The van der Waals surface area contributed by atoms with Crippen LogP contribution in [0.3, 0.4) is 0 Å². The molecular weight excluding hydrogens is 528 g/mol. The van der Waals surface area contributed by atoms with Crippen LogP contribution in [0, 0.1) is 0 Å². The Kier molecular flexibility index (Phi) is 7.17. The standard InChI is InChI=1S/C24H16BrClN2O4S/c25-19-10-9-16(13-20(19)26)27-22(29)14-28-23(30)21(33-24(28)31)12-15-5-4-8-18(11-15)32-17-6-2-1-3-7-17/h1-13H,14H2,(H,27,29)/b21-12+. The summed E-state index contributed by atoms with van der Waals surface area (Å²) in [6.45, 7) is -0.396. The van der Waals surface area contributed by atoms with E-state index in [0.29, 0.717) is 32.2 Å². The quantitative estimate of drug-likeness (QED) is 0.356. The van der Waals surface area contributed by atoms with Crippen molar-refractivity contribution in [2.24, 2.45) is 0 Å². The number of hydrogen-bond acceptors (Lipinski definition) is 5. The first-order chi connectivity index (χ1) is 15.9. The molecule has 6 nitrogen and oxygen atoms in total. The zero-order valence-electron chi connectivity index (χ0n) is 17.0. The molecule has 1 saturated heterocycles. The fraction of sp³-hybridized carbons (Fsp3) is 0.0417. The summed E-state index contributed by atoms with van der Waals surface area (Å²) in [5, 5.41) is 2.56. The van der Waals surface area contributed by atoms with Crippen molar-refractivity contribution in [2.75, 3.05) is 11.9 Å².